The summed E-state index contributed by atoms with van der Waals surface area (Å²) in [5.41, 5.74) is 7.18. The highest BCUT2D eigenvalue weighted by Crippen LogP contribution is 2.35. The summed E-state index contributed by atoms with van der Waals surface area (Å²) in [5, 5.41) is 0. The number of pyridine rings is 1. The third kappa shape index (κ3) is 5.98. The predicted molar refractivity (Wildman–Crippen MR) is 123 cm³/mol. The fourth-order valence-electron chi connectivity index (χ4n) is 3.76. The molecule has 1 unspecified atom stereocenters. The molecule has 2 aromatic carbocycles. The van der Waals surface area contributed by atoms with Crippen molar-refractivity contribution in [3.8, 4) is 11.5 Å². The predicted octanol–water partition coefficient (Wildman–Crippen LogP) is 4.78. The fourth-order valence-corrected chi connectivity index (χ4v) is 3.76. The first kappa shape index (κ1) is 24.9. The molecule has 0 saturated carbocycles. The third-order valence-corrected chi connectivity index (χ3v) is 5.43. The summed E-state index contributed by atoms with van der Waals surface area (Å²) in [5.74, 6) is 0.465. The Bertz CT molecular complexity index is 1090. The van der Waals surface area contributed by atoms with Gasteiger partial charge in [-0.1, -0.05) is 18.2 Å². The number of hydrogen-bond donors (Lipinski definition) is 1. The van der Waals surface area contributed by atoms with Gasteiger partial charge in [0.15, 0.2) is 11.5 Å². The zero-order valence-electron chi connectivity index (χ0n) is 18.9. The number of aryl methyl sites for hydroxylation is 1. The van der Waals surface area contributed by atoms with Crippen molar-refractivity contribution in [2.45, 2.75) is 25.1 Å². The molecule has 9 heteroatoms. The van der Waals surface area contributed by atoms with Gasteiger partial charge in [-0.05, 0) is 48.7 Å². The van der Waals surface area contributed by atoms with Crippen LogP contribution in [0.1, 0.15) is 29.2 Å². The standard InChI is InChI=1S/C25H26F3N3O3/c1-33-21-12-11-20(15-22(21)34-2)31(23(24(29)32)18-6-3-13-30-16-18)14-4-5-17-7-9-19(10-8-17)25(26,27)28/h3,6-13,15-16,23H,4-5,14H2,1-2H3,(H2,29,32). The Morgan fingerprint density at radius 1 is 1.06 bits per heavy atom. The van der Waals surface area contributed by atoms with E-state index in [0.29, 0.717) is 42.1 Å². The molecule has 3 aromatic rings. The van der Waals surface area contributed by atoms with E-state index in [9.17, 15) is 18.0 Å². The molecule has 6 nitrogen and oxygen atoms in total. The van der Waals surface area contributed by atoms with Gasteiger partial charge in [-0.25, -0.2) is 0 Å². The van der Waals surface area contributed by atoms with Gasteiger partial charge in [-0.15, -0.1) is 0 Å². The molecule has 0 radical (unpaired) electrons. The summed E-state index contributed by atoms with van der Waals surface area (Å²) in [6.07, 6.45) is -0.114. The second-order valence-electron chi connectivity index (χ2n) is 7.62. The molecule has 0 fully saturated rings. The van der Waals surface area contributed by atoms with Crippen molar-refractivity contribution in [3.63, 3.8) is 0 Å². The number of primary amides is 1. The van der Waals surface area contributed by atoms with E-state index < -0.39 is 23.7 Å². The van der Waals surface area contributed by atoms with E-state index in [2.05, 4.69) is 4.98 Å². The van der Waals surface area contributed by atoms with E-state index in [-0.39, 0.29) is 0 Å². The van der Waals surface area contributed by atoms with Crippen molar-refractivity contribution < 1.29 is 27.4 Å². The number of hydrogen-bond acceptors (Lipinski definition) is 5. The zero-order valence-corrected chi connectivity index (χ0v) is 18.9. The maximum absolute atomic E-state index is 12.8. The highest BCUT2D eigenvalue weighted by Gasteiger charge is 2.30. The summed E-state index contributed by atoms with van der Waals surface area (Å²) in [7, 11) is 3.05. The summed E-state index contributed by atoms with van der Waals surface area (Å²) in [4.78, 5) is 18.5. The highest BCUT2D eigenvalue weighted by atomic mass is 19.4. The Balaban J connectivity index is 1.88. The smallest absolute Gasteiger partial charge is 0.416 e. The molecule has 1 heterocycles. The maximum Gasteiger partial charge on any atom is 0.416 e. The van der Waals surface area contributed by atoms with Gasteiger partial charge in [0.2, 0.25) is 5.91 Å². The monoisotopic (exact) mass is 473 g/mol. The minimum Gasteiger partial charge on any atom is -0.493 e. The van der Waals surface area contributed by atoms with Crippen LogP contribution in [0, 0.1) is 0 Å². The van der Waals surface area contributed by atoms with Crippen LogP contribution in [-0.4, -0.2) is 31.7 Å². The third-order valence-electron chi connectivity index (χ3n) is 5.43. The number of alkyl halides is 3. The number of rotatable bonds is 10. The van der Waals surface area contributed by atoms with Crippen LogP contribution >= 0.6 is 0 Å². The molecule has 0 aliphatic heterocycles. The minimum atomic E-state index is -4.37. The van der Waals surface area contributed by atoms with E-state index in [1.165, 1.54) is 26.4 Å². The molecule has 1 atom stereocenters. The van der Waals surface area contributed by atoms with Gasteiger partial charge in [0.1, 0.15) is 6.04 Å². The first-order valence-corrected chi connectivity index (χ1v) is 10.6. The van der Waals surface area contributed by atoms with Crippen molar-refractivity contribution >= 4 is 11.6 Å². The second kappa shape index (κ2) is 10.9. The Kier molecular flexibility index (Phi) is 7.99. The lowest BCUT2D eigenvalue weighted by Crippen LogP contribution is -2.39. The van der Waals surface area contributed by atoms with Crippen LogP contribution in [0.3, 0.4) is 0 Å². The molecule has 0 aliphatic rings. The molecule has 1 amide bonds. The van der Waals surface area contributed by atoms with Gasteiger partial charge in [-0.2, -0.15) is 13.2 Å². The van der Waals surface area contributed by atoms with Gasteiger partial charge in [0, 0.05) is 36.3 Å². The molecule has 0 spiro atoms. The molecule has 34 heavy (non-hydrogen) atoms. The van der Waals surface area contributed by atoms with E-state index in [4.69, 9.17) is 15.2 Å². The van der Waals surface area contributed by atoms with Gasteiger partial charge >= 0.3 is 6.18 Å². The second-order valence-corrected chi connectivity index (χ2v) is 7.62. The SMILES string of the molecule is COc1ccc(N(CCCc2ccc(C(F)(F)F)cc2)C(C(N)=O)c2cccnc2)cc1OC. The van der Waals surface area contributed by atoms with Crippen molar-refractivity contribution in [2.75, 3.05) is 25.7 Å². The fraction of sp³-hybridized carbons (Fsp3) is 0.280. The number of carbonyl (C=O) groups excluding carboxylic acids is 1. The number of benzene rings is 2. The molecule has 1 aromatic heterocycles. The Hall–Kier alpha value is -3.75. The molecule has 180 valence electrons. The van der Waals surface area contributed by atoms with Crippen LogP contribution in [-0.2, 0) is 17.4 Å². The van der Waals surface area contributed by atoms with Crippen molar-refractivity contribution in [1.82, 2.24) is 4.98 Å². The van der Waals surface area contributed by atoms with Gasteiger partial charge in [-0.3, -0.25) is 9.78 Å². The van der Waals surface area contributed by atoms with Gasteiger partial charge in [0.05, 0.1) is 19.8 Å². The molecule has 0 aliphatic carbocycles. The zero-order chi connectivity index (χ0) is 24.7. The van der Waals surface area contributed by atoms with Gasteiger partial charge < -0.3 is 20.1 Å². The van der Waals surface area contributed by atoms with Crippen molar-refractivity contribution in [2.24, 2.45) is 5.73 Å². The number of halogens is 3. The van der Waals surface area contributed by atoms with Crippen LogP contribution in [0.25, 0.3) is 0 Å². The number of aromatic nitrogens is 1. The lowest BCUT2D eigenvalue weighted by Gasteiger charge is -2.32. The molecule has 3 rings (SSSR count). The highest BCUT2D eigenvalue weighted by molar-refractivity contribution is 5.85. The lowest BCUT2D eigenvalue weighted by molar-refractivity contribution is -0.137. The minimum absolute atomic E-state index is 0.402. The topological polar surface area (TPSA) is 77.7 Å². The normalized spacial score (nSPS) is 12.1. The summed E-state index contributed by atoms with van der Waals surface area (Å²) in [6.45, 7) is 0.402. The summed E-state index contributed by atoms with van der Waals surface area (Å²) in [6, 6.07) is 13.1. The van der Waals surface area contributed by atoms with E-state index in [1.807, 2.05) is 4.90 Å². The average Bonchev–Trinajstić information content (AvgIpc) is 2.83. The quantitative estimate of drug-likeness (QED) is 0.459. The van der Waals surface area contributed by atoms with E-state index >= 15 is 0 Å². The van der Waals surface area contributed by atoms with E-state index in [0.717, 1.165) is 17.7 Å². The Morgan fingerprint density at radius 2 is 1.76 bits per heavy atom. The van der Waals surface area contributed by atoms with Crippen LogP contribution < -0.4 is 20.1 Å². The summed E-state index contributed by atoms with van der Waals surface area (Å²) < 4.78 is 49.2. The number of methoxy groups -OCH3 is 2. The number of ether oxygens (including phenoxy) is 2. The molecule has 2 N–H and O–H groups in total. The number of carbonyl (C=O) groups is 1. The van der Waals surface area contributed by atoms with Crippen LogP contribution in [0.5, 0.6) is 11.5 Å². The largest absolute Gasteiger partial charge is 0.493 e. The molecular weight excluding hydrogens is 447 g/mol. The number of anilines is 1. The number of nitrogens with zero attached hydrogens (tertiary/aromatic N) is 2. The maximum atomic E-state index is 12.8. The summed E-state index contributed by atoms with van der Waals surface area (Å²) >= 11 is 0. The van der Waals surface area contributed by atoms with Crippen molar-refractivity contribution in [1.29, 1.82) is 0 Å². The first-order chi connectivity index (χ1) is 16.2. The average molecular weight is 473 g/mol. The Morgan fingerprint density at radius 3 is 2.32 bits per heavy atom. The molecule has 0 saturated heterocycles. The number of nitrogens with two attached hydrogens (primary N) is 1. The Labute approximate surface area is 196 Å². The lowest BCUT2D eigenvalue weighted by atomic mass is 10.0. The first-order valence-electron chi connectivity index (χ1n) is 10.6. The molecule has 0 bridgehead atoms. The van der Waals surface area contributed by atoms with Gasteiger partial charge in [0.25, 0.3) is 0 Å². The van der Waals surface area contributed by atoms with Crippen molar-refractivity contribution in [3.05, 3.63) is 83.7 Å². The molecular formula is C25H26F3N3O3. The number of amides is 1. The van der Waals surface area contributed by atoms with Crippen LogP contribution in [0.2, 0.25) is 0 Å². The van der Waals surface area contributed by atoms with Crippen LogP contribution in [0.4, 0.5) is 18.9 Å². The van der Waals surface area contributed by atoms with E-state index in [1.54, 1.807) is 42.7 Å². The van der Waals surface area contributed by atoms with Crippen LogP contribution in [0.15, 0.2) is 67.0 Å².